The van der Waals surface area contributed by atoms with Crippen LogP contribution in [-0.4, -0.2) is 13.1 Å². The largest absolute Gasteiger partial charge is 0.312 e. The SMILES string of the molecule is C=C(S)CNCCC. The zero-order valence-corrected chi connectivity index (χ0v) is 6.17. The molecule has 0 aliphatic rings. The lowest BCUT2D eigenvalue weighted by Gasteiger charge is -1.98. The molecule has 2 heteroatoms. The summed E-state index contributed by atoms with van der Waals surface area (Å²) in [5, 5.41) is 3.16. The maximum absolute atomic E-state index is 4.01. The van der Waals surface area contributed by atoms with Crippen molar-refractivity contribution in [2.75, 3.05) is 13.1 Å². The Morgan fingerprint density at radius 3 is 2.75 bits per heavy atom. The van der Waals surface area contributed by atoms with Crippen LogP contribution in [0.5, 0.6) is 0 Å². The molecule has 0 amide bonds. The van der Waals surface area contributed by atoms with Crippen LogP contribution in [0.4, 0.5) is 0 Å². The lowest BCUT2D eigenvalue weighted by atomic mass is 10.5. The van der Waals surface area contributed by atoms with Gasteiger partial charge in [-0.15, -0.1) is 12.6 Å². The zero-order chi connectivity index (χ0) is 6.41. The fraction of sp³-hybridized carbons (Fsp3) is 0.667. The van der Waals surface area contributed by atoms with E-state index in [2.05, 4.69) is 31.4 Å². The van der Waals surface area contributed by atoms with Crippen molar-refractivity contribution in [1.29, 1.82) is 0 Å². The predicted octanol–water partition coefficient (Wildman–Crippen LogP) is 1.43. The van der Waals surface area contributed by atoms with Crippen molar-refractivity contribution in [3.05, 3.63) is 11.5 Å². The molecule has 0 radical (unpaired) electrons. The van der Waals surface area contributed by atoms with Gasteiger partial charge in [-0.05, 0) is 17.9 Å². The van der Waals surface area contributed by atoms with Crippen LogP contribution in [0.1, 0.15) is 13.3 Å². The number of nitrogens with one attached hydrogen (secondary N) is 1. The van der Waals surface area contributed by atoms with E-state index >= 15 is 0 Å². The van der Waals surface area contributed by atoms with Gasteiger partial charge in [0.25, 0.3) is 0 Å². The third-order valence-corrected chi connectivity index (χ3v) is 0.914. The third-order valence-electron chi connectivity index (χ3n) is 0.756. The molecule has 0 fully saturated rings. The average Bonchev–Trinajstić information content (AvgIpc) is 1.66. The Bertz CT molecular complexity index is 70.9. The Labute approximate surface area is 56.6 Å². The van der Waals surface area contributed by atoms with E-state index in [0.717, 1.165) is 18.0 Å². The van der Waals surface area contributed by atoms with E-state index in [0.29, 0.717) is 0 Å². The molecule has 0 heterocycles. The highest BCUT2D eigenvalue weighted by atomic mass is 32.1. The maximum Gasteiger partial charge on any atom is 0.0256 e. The van der Waals surface area contributed by atoms with E-state index in [1.54, 1.807) is 0 Å². The van der Waals surface area contributed by atoms with E-state index in [-0.39, 0.29) is 0 Å². The summed E-state index contributed by atoms with van der Waals surface area (Å²) in [5.41, 5.74) is 0. The Morgan fingerprint density at radius 1 is 1.75 bits per heavy atom. The summed E-state index contributed by atoms with van der Waals surface area (Å²) in [7, 11) is 0. The third kappa shape index (κ3) is 6.05. The van der Waals surface area contributed by atoms with Crippen molar-refractivity contribution < 1.29 is 0 Å². The quantitative estimate of drug-likeness (QED) is 0.434. The Kier molecular flexibility index (Phi) is 5.22. The second-order valence-electron chi connectivity index (χ2n) is 1.74. The second kappa shape index (κ2) is 5.19. The monoisotopic (exact) mass is 131 g/mol. The number of hydrogen-bond acceptors (Lipinski definition) is 2. The second-order valence-corrected chi connectivity index (χ2v) is 2.38. The van der Waals surface area contributed by atoms with Crippen molar-refractivity contribution >= 4 is 12.6 Å². The van der Waals surface area contributed by atoms with Gasteiger partial charge in [-0.25, -0.2) is 0 Å². The van der Waals surface area contributed by atoms with E-state index in [9.17, 15) is 0 Å². The lowest BCUT2D eigenvalue weighted by molar-refractivity contribution is 0.726. The fourth-order valence-electron chi connectivity index (χ4n) is 0.409. The van der Waals surface area contributed by atoms with Crippen LogP contribution in [0.15, 0.2) is 11.5 Å². The molecule has 0 aromatic rings. The van der Waals surface area contributed by atoms with Gasteiger partial charge < -0.3 is 5.32 Å². The molecule has 0 aliphatic heterocycles. The van der Waals surface area contributed by atoms with Crippen molar-refractivity contribution in [3.63, 3.8) is 0 Å². The summed E-state index contributed by atoms with van der Waals surface area (Å²) in [4.78, 5) is 0.901. The Hall–Kier alpha value is 0.0500. The van der Waals surface area contributed by atoms with E-state index in [4.69, 9.17) is 0 Å². The van der Waals surface area contributed by atoms with Gasteiger partial charge in [-0.1, -0.05) is 13.5 Å². The highest BCUT2D eigenvalue weighted by Gasteiger charge is 1.82. The molecular weight excluding hydrogens is 118 g/mol. The average molecular weight is 131 g/mol. The highest BCUT2D eigenvalue weighted by Crippen LogP contribution is 1.90. The molecule has 1 N–H and O–H groups in total. The van der Waals surface area contributed by atoms with Gasteiger partial charge >= 0.3 is 0 Å². The van der Waals surface area contributed by atoms with Crippen molar-refractivity contribution in [2.24, 2.45) is 0 Å². The van der Waals surface area contributed by atoms with Crippen molar-refractivity contribution in [1.82, 2.24) is 5.32 Å². The summed E-state index contributed by atoms with van der Waals surface area (Å²) in [6, 6.07) is 0. The van der Waals surface area contributed by atoms with Crippen LogP contribution in [0.2, 0.25) is 0 Å². The normalized spacial score (nSPS) is 9.25. The maximum atomic E-state index is 4.01. The summed E-state index contributed by atoms with van der Waals surface area (Å²) < 4.78 is 0. The molecule has 8 heavy (non-hydrogen) atoms. The number of rotatable bonds is 4. The first-order valence-corrected chi connectivity index (χ1v) is 3.29. The molecule has 0 aromatic heterocycles. The van der Waals surface area contributed by atoms with Gasteiger partial charge in [0.1, 0.15) is 0 Å². The smallest absolute Gasteiger partial charge is 0.0256 e. The number of hydrogen-bond donors (Lipinski definition) is 2. The number of thiol groups is 1. The van der Waals surface area contributed by atoms with E-state index < -0.39 is 0 Å². The van der Waals surface area contributed by atoms with Crippen LogP contribution in [-0.2, 0) is 0 Å². The molecule has 0 rings (SSSR count). The van der Waals surface area contributed by atoms with E-state index in [1.807, 2.05) is 0 Å². The summed E-state index contributed by atoms with van der Waals surface area (Å²) in [6.07, 6.45) is 1.17. The van der Waals surface area contributed by atoms with Crippen LogP contribution >= 0.6 is 12.6 Å². The molecule has 0 unspecified atom stereocenters. The van der Waals surface area contributed by atoms with Gasteiger partial charge in [0.15, 0.2) is 0 Å². The van der Waals surface area contributed by atoms with Gasteiger partial charge in [0.2, 0.25) is 0 Å². The standard InChI is InChI=1S/C6H13NS/c1-3-4-7-5-6(2)8/h7-8H,2-5H2,1H3. The van der Waals surface area contributed by atoms with Crippen LogP contribution in [0, 0.1) is 0 Å². The van der Waals surface area contributed by atoms with Crippen LogP contribution < -0.4 is 5.32 Å². The summed E-state index contributed by atoms with van der Waals surface area (Å²) >= 11 is 4.01. The van der Waals surface area contributed by atoms with Gasteiger partial charge in [0, 0.05) is 6.54 Å². The first-order chi connectivity index (χ1) is 3.77. The molecule has 0 aromatic carbocycles. The fourth-order valence-corrected chi connectivity index (χ4v) is 0.521. The van der Waals surface area contributed by atoms with E-state index in [1.165, 1.54) is 6.42 Å². The minimum atomic E-state index is 0.830. The Morgan fingerprint density at radius 2 is 2.38 bits per heavy atom. The molecule has 0 aliphatic carbocycles. The molecule has 0 atom stereocenters. The zero-order valence-electron chi connectivity index (χ0n) is 5.28. The predicted molar refractivity (Wildman–Crippen MR) is 41.3 cm³/mol. The molecular formula is C6H13NS. The topological polar surface area (TPSA) is 12.0 Å². The minimum Gasteiger partial charge on any atom is -0.312 e. The summed E-state index contributed by atoms with van der Waals surface area (Å²) in [6.45, 7) is 7.65. The highest BCUT2D eigenvalue weighted by molar-refractivity contribution is 7.84. The van der Waals surface area contributed by atoms with Crippen molar-refractivity contribution in [3.8, 4) is 0 Å². The van der Waals surface area contributed by atoms with Gasteiger partial charge in [0.05, 0.1) is 0 Å². The molecule has 0 spiro atoms. The van der Waals surface area contributed by atoms with Crippen molar-refractivity contribution in [2.45, 2.75) is 13.3 Å². The van der Waals surface area contributed by atoms with Crippen LogP contribution in [0.25, 0.3) is 0 Å². The first-order valence-electron chi connectivity index (χ1n) is 2.84. The van der Waals surface area contributed by atoms with Gasteiger partial charge in [-0.3, -0.25) is 0 Å². The van der Waals surface area contributed by atoms with Crippen LogP contribution in [0.3, 0.4) is 0 Å². The molecule has 0 saturated carbocycles. The summed E-state index contributed by atoms with van der Waals surface area (Å²) in [5.74, 6) is 0. The minimum absolute atomic E-state index is 0.830. The Balaban J connectivity index is 2.82. The molecule has 0 bridgehead atoms. The molecule has 1 nitrogen and oxygen atoms in total. The first kappa shape index (κ1) is 8.05. The molecule has 0 saturated heterocycles. The molecule has 48 valence electrons. The lowest BCUT2D eigenvalue weighted by Crippen LogP contribution is -2.15. The van der Waals surface area contributed by atoms with Gasteiger partial charge in [-0.2, -0.15) is 0 Å².